The summed E-state index contributed by atoms with van der Waals surface area (Å²) in [7, 11) is 0. The summed E-state index contributed by atoms with van der Waals surface area (Å²) in [5.41, 5.74) is 1.98. The molecule has 0 saturated carbocycles. The van der Waals surface area contributed by atoms with Gasteiger partial charge in [-0.3, -0.25) is 4.79 Å². The third kappa shape index (κ3) is 2.14. The van der Waals surface area contributed by atoms with Crippen LogP contribution in [0, 0.1) is 0 Å². The van der Waals surface area contributed by atoms with Crippen molar-refractivity contribution in [1.82, 2.24) is 0 Å². The number of benzene rings is 1. The Hall–Kier alpha value is -1.61. The van der Waals surface area contributed by atoms with Crippen LogP contribution in [0.5, 0.6) is 0 Å². The highest BCUT2D eigenvalue weighted by molar-refractivity contribution is 7.13. The lowest BCUT2D eigenvalue weighted by molar-refractivity contribution is -0.138. The summed E-state index contributed by atoms with van der Waals surface area (Å²) in [6, 6.07) is 11.8. The van der Waals surface area contributed by atoms with Gasteiger partial charge in [0.2, 0.25) is 0 Å². The average Bonchev–Trinajstić information content (AvgIpc) is 2.81. The van der Waals surface area contributed by atoms with E-state index in [-0.39, 0.29) is 0 Å². The fourth-order valence-electron chi connectivity index (χ4n) is 1.52. The lowest BCUT2D eigenvalue weighted by Gasteiger charge is -2.06. The maximum atomic E-state index is 10.8. The molecule has 1 N–H and O–H groups in total. The van der Waals surface area contributed by atoms with Crippen LogP contribution in [0.4, 0.5) is 0 Å². The fraction of sp³-hybridized carbons (Fsp3) is 0.154. The zero-order valence-corrected chi connectivity index (χ0v) is 9.70. The highest BCUT2D eigenvalue weighted by Crippen LogP contribution is 2.26. The van der Waals surface area contributed by atoms with Gasteiger partial charge in [-0.05, 0) is 29.5 Å². The number of carboxylic acids is 1. The maximum Gasteiger partial charge on any atom is 0.310 e. The SMILES string of the molecule is C[C@@H](C(=O)O)c1ccc(-c2cccs2)cc1. The van der Waals surface area contributed by atoms with E-state index in [1.807, 2.05) is 35.7 Å². The Bertz CT molecular complexity index is 471. The number of hydrogen-bond donors (Lipinski definition) is 1. The topological polar surface area (TPSA) is 37.3 Å². The molecule has 1 heterocycles. The zero-order valence-electron chi connectivity index (χ0n) is 8.88. The van der Waals surface area contributed by atoms with Crippen molar-refractivity contribution >= 4 is 17.3 Å². The summed E-state index contributed by atoms with van der Waals surface area (Å²) < 4.78 is 0. The van der Waals surface area contributed by atoms with Crippen LogP contribution in [-0.4, -0.2) is 11.1 Å². The minimum Gasteiger partial charge on any atom is -0.481 e. The second-order valence-electron chi connectivity index (χ2n) is 3.66. The van der Waals surface area contributed by atoms with Crippen LogP contribution in [0.2, 0.25) is 0 Å². The standard InChI is InChI=1S/C13H12O2S/c1-9(13(14)15)10-4-6-11(7-5-10)12-3-2-8-16-12/h2-9H,1H3,(H,14,15)/t9-/m1/s1. The lowest BCUT2D eigenvalue weighted by atomic mass is 10.00. The number of aliphatic carboxylic acids is 1. The van der Waals surface area contributed by atoms with E-state index in [0.717, 1.165) is 11.1 Å². The molecule has 0 radical (unpaired) electrons. The van der Waals surface area contributed by atoms with Gasteiger partial charge in [-0.15, -0.1) is 11.3 Å². The van der Waals surface area contributed by atoms with Gasteiger partial charge in [-0.2, -0.15) is 0 Å². The largest absolute Gasteiger partial charge is 0.481 e. The Labute approximate surface area is 98.2 Å². The van der Waals surface area contributed by atoms with Gasteiger partial charge in [0.05, 0.1) is 5.92 Å². The highest BCUT2D eigenvalue weighted by Gasteiger charge is 2.13. The summed E-state index contributed by atoms with van der Waals surface area (Å²) in [6.45, 7) is 1.70. The molecule has 0 fully saturated rings. The maximum absolute atomic E-state index is 10.8. The van der Waals surface area contributed by atoms with Crippen LogP contribution in [0.15, 0.2) is 41.8 Å². The molecule has 0 aliphatic carbocycles. The zero-order chi connectivity index (χ0) is 11.5. The van der Waals surface area contributed by atoms with Crippen molar-refractivity contribution in [2.24, 2.45) is 0 Å². The van der Waals surface area contributed by atoms with E-state index in [1.165, 1.54) is 4.88 Å². The van der Waals surface area contributed by atoms with Gasteiger partial charge in [0.25, 0.3) is 0 Å². The normalized spacial score (nSPS) is 12.3. The number of hydrogen-bond acceptors (Lipinski definition) is 2. The molecule has 1 atom stereocenters. The first-order valence-electron chi connectivity index (χ1n) is 5.05. The van der Waals surface area contributed by atoms with Crippen molar-refractivity contribution in [3.63, 3.8) is 0 Å². The Balaban J connectivity index is 2.26. The van der Waals surface area contributed by atoms with Crippen LogP contribution < -0.4 is 0 Å². The van der Waals surface area contributed by atoms with Crippen molar-refractivity contribution in [3.8, 4) is 10.4 Å². The Morgan fingerprint density at radius 1 is 1.25 bits per heavy atom. The van der Waals surface area contributed by atoms with Crippen LogP contribution in [0.3, 0.4) is 0 Å². The quantitative estimate of drug-likeness (QED) is 0.877. The molecule has 0 spiro atoms. The Morgan fingerprint density at radius 3 is 2.44 bits per heavy atom. The van der Waals surface area contributed by atoms with Gasteiger partial charge in [0.15, 0.2) is 0 Å². The van der Waals surface area contributed by atoms with E-state index in [4.69, 9.17) is 5.11 Å². The molecule has 0 saturated heterocycles. The van der Waals surface area contributed by atoms with E-state index in [9.17, 15) is 4.79 Å². The van der Waals surface area contributed by atoms with Crippen LogP contribution in [0.1, 0.15) is 18.4 Å². The number of rotatable bonds is 3. The minimum atomic E-state index is -0.788. The predicted molar refractivity (Wildman–Crippen MR) is 65.8 cm³/mol. The van der Waals surface area contributed by atoms with Crippen molar-refractivity contribution in [3.05, 3.63) is 47.3 Å². The molecule has 82 valence electrons. The van der Waals surface area contributed by atoms with Crippen molar-refractivity contribution in [2.45, 2.75) is 12.8 Å². The van der Waals surface area contributed by atoms with Gasteiger partial charge in [-0.1, -0.05) is 30.3 Å². The number of carbonyl (C=O) groups is 1. The molecule has 0 aliphatic rings. The van der Waals surface area contributed by atoms with Gasteiger partial charge >= 0.3 is 5.97 Å². The molecule has 1 aromatic carbocycles. The second-order valence-corrected chi connectivity index (χ2v) is 4.61. The van der Waals surface area contributed by atoms with Crippen molar-refractivity contribution in [1.29, 1.82) is 0 Å². The molecule has 0 bridgehead atoms. The van der Waals surface area contributed by atoms with E-state index < -0.39 is 11.9 Å². The molecule has 2 rings (SSSR count). The molecule has 16 heavy (non-hydrogen) atoms. The van der Waals surface area contributed by atoms with Gasteiger partial charge < -0.3 is 5.11 Å². The van der Waals surface area contributed by atoms with E-state index >= 15 is 0 Å². The minimum absolute atomic E-state index is 0.447. The Kier molecular flexibility index (Phi) is 3.06. The second kappa shape index (κ2) is 4.49. The molecule has 0 unspecified atom stereocenters. The molecule has 3 heteroatoms. The summed E-state index contributed by atoms with van der Waals surface area (Å²) >= 11 is 1.68. The molecular formula is C13H12O2S. The van der Waals surface area contributed by atoms with E-state index in [0.29, 0.717) is 0 Å². The number of thiophene rings is 1. The van der Waals surface area contributed by atoms with E-state index in [2.05, 4.69) is 6.07 Å². The first kappa shape index (κ1) is 10.9. The smallest absolute Gasteiger partial charge is 0.310 e. The third-order valence-corrected chi connectivity index (χ3v) is 3.51. The van der Waals surface area contributed by atoms with Crippen LogP contribution in [-0.2, 0) is 4.79 Å². The molecule has 2 aromatic rings. The van der Waals surface area contributed by atoms with Gasteiger partial charge in [0.1, 0.15) is 0 Å². The summed E-state index contributed by atoms with van der Waals surface area (Å²) in [5.74, 6) is -1.23. The van der Waals surface area contributed by atoms with Gasteiger partial charge in [-0.25, -0.2) is 0 Å². The van der Waals surface area contributed by atoms with Crippen molar-refractivity contribution < 1.29 is 9.90 Å². The molecule has 0 aliphatic heterocycles. The molecular weight excluding hydrogens is 220 g/mol. The fourth-order valence-corrected chi connectivity index (χ4v) is 2.25. The summed E-state index contributed by atoms with van der Waals surface area (Å²) in [4.78, 5) is 12.0. The summed E-state index contributed by atoms with van der Waals surface area (Å²) in [5, 5.41) is 10.9. The van der Waals surface area contributed by atoms with Gasteiger partial charge in [0, 0.05) is 4.88 Å². The average molecular weight is 232 g/mol. The lowest BCUT2D eigenvalue weighted by Crippen LogP contribution is -2.06. The van der Waals surface area contributed by atoms with E-state index in [1.54, 1.807) is 18.3 Å². The summed E-state index contributed by atoms with van der Waals surface area (Å²) in [6.07, 6.45) is 0. The Morgan fingerprint density at radius 2 is 1.94 bits per heavy atom. The molecule has 1 aromatic heterocycles. The molecule has 0 amide bonds. The van der Waals surface area contributed by atoms with Crippen LogP contribution in [0.25, 0.3) is 10.4 Å². The van der Waals surface area contributed by atoms with Crippen molar-refractivity contribution in [2.75, 3.05) is 0 Å². The predicted octanol–water partition coefficient (Wildman–Crippen LogP) is 3.60. The number of carboxylic acid groups (broad SMARTS) is 1. The molecule has 2 nitrogen and oxygen atoms in total. The first-order valence-corrected chi connectivity index (χ1v) is 5.93. The third-order valence-electron chi connectivity index (χ3n) is 2.59. The van der Waals surface area contributed by atoms with Crippen LogP contribution >= 0.6 is 11.3 Å². The monoisotopic (exact) mass is 232 g/mol. The first-order chi connectivity index (χ1) is 7.68. The highest BCUT2D eigenvalue weighted by atomic mass is 32.1.